The van der Waals surface area contributed by atoms with Crippen LogP contribution in [0.2, 0.25) is 0 Å². The van der Waals surface area contributed by atoms with E-state index in [1.54, 1.807) is 6.20 Å². The third-order valence-corrected chi connectivity index (χ3v) is 4.35. The zero-order valence-corrected chi connectivity index (χ0v) is 14.2. The molecule has 0 radical (unpaired) electrons. The minimum atomic E-state index is -0.203. The van der Waals surface area contributed by atoms with Crippen LogP contribution in [0, 0.1) is 5.92 Å². The van der Waals surface area contributed by atoms with E-state index in [0.29, 0.717) is 13.2 Å². The highest BCUT2D eigenvalue weighted by Crippen LogP contribution is 2.23. The van der Waals surface area contributed by atoms with Crippen LogP contribution in [0.25, 0.3) is 0 Å². The number of aryl methyl sites for hydroxylation is 1. The molecule has 1 aliphatic rings. The first-order chi connectivity index (χ1) is 11.7. The highest BCUT2D eigenvalue weighted by molar-refractivity contribution is 5.79. The minimum Gasteiger partial charge on any atom is -0.493 e. The maximum absolute atomic E-state index is 12.9. The summed E-state index contributed by atoms with van der Waals surface area (Å²) in [7, 11) is 1.96. The molecule has 2 atom stereocenters. The van der Waals surface area contributed by atoms with Gasteiger partial charge in [-0.2, -0.15) is 0 Å². The molecule has 6 nitrogen and oxygen atoms in total. The van der Waals surface area contributed by atoms with Crippen molar-refractivity contribution in [2.24, 2.45) is 13.0 Å². The summed E-state index contributed by atoms with van der Waals surface area (Å²) in [6.45, 7) is 4.51. The quantitative estimate of drug-likeness (QED) is 0.906. The standard InChI is InChI=1S/C18H24N4O2/c1-14(13-24-15-6-4-3-5-7-15)18(23)22-11-8-19-12-16(22)17-20-9-10-21(17)2/h3-7,9-10,14,16,19H,8,11-13H2,1-2H3. The molecule has 1 N–H and O–H groups in total. The molecule has 6 heteroatoms. The zero-order valence-electron chi connectivity index (χ0n) is 14.2. The summed E-state index contributed by atoms with van der Waals surface area (Å²) < 4.78 is 7.72. The molecule has 24 heavy (non-hydrogen) atoms. The molecule has 2 heterocycles. The molecule has 1 aromatic heterocycles. The number of carbonyl (C=O) groups excluding carboxylic acids is 1. The lowest BCUT2D eigenvalue weighted by atomic mass is 10.1. The number of carbonyl (C=O) groups is 1. The second-order valence-corrected chi connectivity index (χ2v) is 6.17. The Morgan fingerprint density at radius 2 is 2.21 bits per heavy atom. The Morgan fingerprint density at radius 1 is 1.42 bits per heavy atom. The van der Waals surface area contributed by atoms with E-state index in [9.17, 15) is 4.79 Å². The first kappa shape index (κ1) is 16.5. The fraction of sp³-hybridized carbons (Fsp3) is 0.444. The number of aromatic nitrogens is 2. The topological polar surface area (TPSA) is 59.4 Å². The highest BCUT2D eigenvalue weighted by atomic mass is 16.5. The molecule has 2 aromatic rings. The number of nitrogens with one attached hydrogen (secondary N) is 1. The number of rotatable bonds is 5. The van der Waals surface area contributed by atoms with Gasteiger partial charge < -0.3 is 19.5 Å². The summed E-state index contributed by atoms with van der Waals surface area (Å²) in [4.78, 5) is 19.3. The van der Waals surface area contributed by atoms with Crippen molar-refractivity contribution >= 4 is 5.91 Å². The average molecular weight is 328 g/mol. The van der Waals surface area contributed by atoms with Gasteiger partial charge in [-0.25, -0.2) is 4.98 Å². The van der Waals surface area contributed by atoms with Crippen molar-refractivity contribution in [1.29, 1.82) is 0 Å². The highest BCUT2D eigenvalue weighted by Gasteiger charge is 2.32. The van der Waals surface area contributed by atoms with Gasteiger partial charge in [0.2, 0.25) is 5.91 Å². The minimum absolute atomic E-state index is 0.0366. The van der Waals surface area contributed by atoms with Gasteiger partial charge >= 0.3 is 0 Å². The van der Waals surface area contributed by atoms with Crippen LogP contribution in [0.15, 0.2) is 42.7 Å². The Kier molecular flexibility index (Phi) is 5.15. The Bertz CT molecular complexity index is 671. The smallest absolute Gasteiger partial charge is 0.229 e. The molecule has 2 unspecified atom stereocenters. The molecule has 1 amide bonds. The Labute approximate surface area is 142 Å². The van der Waals surface area contributed by atoms with Crippen molar-refractivity contribution in [3.05, 3.63) is 48.5 Å². The molecular formula is C18H24N4O2. The van der Waals surface area contributed by atoms with Crippen LogP contribution < -0.4 is 10.1 Å². The number of piperazine rings is 1. The van der Waals surface area contributed by atoms with Crippen LogP contribution in [0.5, 0.6) is 5.75 Å². The Morgan fingerprint density at radius 3 is 2.92 bits per heavy atom. The first-order valence-corrected chi connectivity index (χ1v) is 8.33. The molecule has 1 fully saturated rings. The maximum Gasteiger partial charge on any atom is 0.229 e. The molecule has 128 valence electrons. The fourth-order valence-electron chi connectivity index (χ4n) is 2.99. The van der Waals surface area contributed by atoms with E-state index < -0.39 is 0 Å². The molecule has 0 spiro atoms. The number of hydrogen-bond acceptors (Lipinski definition) is 4. The normalized spacial score (nSPS) is 19.1. The molecule has 1 aliphatic heterocycles. The summed E-state index contributed by atoms with van der Waals surface area (Å²) in [5.41, 5.74) is 0. The second kappa shape index (κ2) is 7.49. The monoisotopic (exact) mass is 328 g/mol. The molecule has 0 bridgehead atoms. The van der Waals surface area contributed by atoms with Crippen LogP contribution >= 0.6 is 0 Å². The van der Waals surface area contributed by atoms with Crippen molar-refractivity contribution < 1.29 is 9.53 Å². The van der Waals surface area contributed by atoms with Crippen LogP contribution in [-0.2, 0) is 11.8 Å². The third kappa shape index (κ3) is 3.59. The SMILES string of the molecule is CC(COc1ccccc1)C(=O)N1CCNCC1c1nccn1C. The summed E-state index contributed by atoms with van der Waals surface area (Å²) in [5, 5.41) is 3.35. The third-order valence-electron chi connectivity index (χ3n) is 4.35. The molecule has 0 saturated carbocycles. The lowest BCUT2D eigenvalue weighted by Crippen LogP contribution is -2.51. The van der Waals surface area contributed by atoms with Gasteiger partial charge in [-0.05, 0) is 12.1 Å². The molecule has 1 aromatic carbocycles. The second-order valence-electron chi connectivity index (χ2n) is 6.17. The van der Waals surface area contributed by atoms with Crippen molar-refractivity contribution in [2.75, 3.05) is 26.2 Å². The molecule has 0 aliphatic carbocycles. The van der Waals surface area contributed by atoms with Gasteiger partial charge in [0.15, 0.2) is 0 Å². The van der Waals surface area contributed by atoms with Gasteiger partial charge in [0, 0.05) is 39.1 Å². The number of imidazole rings is 1. The summed E-state index contributed by atoms with van der Waals surface area (Å²) in [5.74, 6) is 1.61. The number of amides is 1. The van der Waals surface area contributed by atoms with E-state index in [2.05, 4.69) is 10.3 Å². The molecule has 1 saturated heterocycles. The van der Waals surface area contributed by atoms with Crippen LogP contribution in [-0.4, -0.2) is 46.6 Å². The first-order valence-electron chi connectivity index (χ1n) is 8.33. The number of hydrogen-bond donors (Lipinski definition) is 1. The van der Waals surface area contributed by atoms with Gasteiger partial charge in [-0.1, -0.05) is 25.1 Å². The van der Waals surface area contributed by atoms with Crippen molar-refractivity contribution in [1.82, 2.24) is 19.8 Å². The zero-order chi connectivity index (χ0) is 16.9. The lowest BCUT2D eigenvalue weighted by Gasteiger charge is -2.37. The average Bonchev–Trinajstić information content (AvgIpc) is 3.05. The van der Waals surface area contributed by atoms with Gasteiger partial charge in [0.05, 0.1) is 12.5 Å². The van der Waals surface area contributed by atoms with E-state index in [-0.39, 0.29) is 17.9 Å². The Hall–Kier alpha value is -2.34. The summed E-state index contributed by atoms with van der Waals surface area (Å²) in [6, 6.07) is 9.56. The van der Waals surface area contributed by atoms with E-state index in [0.717, 1.165) is 24.7 Å². The number of nitrogens with zero attached hydrogens (tertiary/aromatic N) is 3. The number of ether oxygens (including phenoxy) is 1. The maximum atomic E-state index is 12.9. The fourth-order valence-corrected chi connectivity index (χ4v) is 2.99. The van der Waals surface area contributed by atoms with Gasteiger partial charge in [-0.15, -0.1) is 0 Å². The summed E-state index contributed by atoms with van der Waals surface area (Å²) >= 11 is 0. The van der Waals surface area contributed by atoms with Crippen LogP contribution in [0.1, 0.15) is 18.8 Å². The van der Waals surface area contributed by atoms with Gasteiger partial charge in [0.1, 0.15) is 17.6 Å². The predicted octanol–water partition coefficient (Wildman–Crippen LogP) is 1.61. The van der Waals surface area contributed by atoms with Crippen LogP contribution in [0.3, 0.4) is 0 Å². The van der Waals surface area contributed by atoms with E-state index in [1.165, 1.54) is 0 Å². The van der Waals surface area contributed by atoms with E-state index in [4.69, 9.17) is 4.74 Å². The largest absolute Gasteiger partial charge is 0.493 e. The molecule has 3 rings (SSSR count). The Balaban J connectivity index is 1.66. The predicted molar refractivity (Wildman–Crippen MR) is 91.6 cm³/mol. The summed E-state index contributed by atoms with van der Waals surface area (Å²) in [6.07, 6.45) is 3.68. The van der Waals surface area contributed by atoms with Crippen molar-refractivity contribution in [2.45, 2.75) is 13.0 Å². The molecular weight excluding hydrogens is 304 g/mol. The van der Waals surface area contributed by atoms with Crippen LogP contribution in [0.4, 0.5) is 0 Å². The van der Waals surface area contributed by atoms with Crippen molar-refractivity contribution in [3.8, 4) is 5.75 Å². The number of para-hydroxylation sites is 1. The number of benzene rings is 1. The van der Waals surface area contributed by atoms with E-state index in [1.807, 2.05) is 60.0 Å². The van der Waals surface area contributed by atoms with Gasteiger partial charge in [-0.3, -0.25) is 4.79 Å². The van der Waals surface area contributed by atoms with Gasteiger partial charge in [0.25, 0.3) is 0 Å². The van der Waals surface area contributed by atoms with Crippen molar-refractivity contribution in [3.63, 3.8) is 0 Å². The van der Waals surface area contributed by atoms with E-state index >= 15 is 0 Å². The lowest BCUT2D eigenvalue weighted by molar-refractivity contribution is -0.139.